The Morgan fingerprint density at radius 1 is 1.20 bits per heavy atom. The highest BCUT2D eigenvalue weighted by atomic mass is 35.5. The van der Waals surface area contributed by atoms with Crippen LogP contribution in [0.2, 0.25) is 5.02 Å². The van der Waals surface area contributed by atoms with Crippen LogP contribution in [0.25, 0.3) is 0 Å². The van der Waals surface area contributed by atoms with Crippen LogP contribution in [0.3, 0.4) is 0 Å². The molecule has 0 radical (unpaired) electrons. The number of aryl methyl sites for hydroxylation is 1. The number of carbonyl (C=O) groups is 1. The second kappa shape index (κ2) is 9.25. The van der Waals surface area contributed by atoms with Crippen LogP contribution in [0.4, 0.5) is 11.4 Å². The number of fused-ring (bicyclic) bond motifs is 1. The molecule has 1 saturated heterocycles. The largest absolute Gasteiger partial charge is 0.491 e. The van der Waals surface area contributed by atoms with E-state index < -0.39 is 6.10 Å². The predicted octanol–water partition coefficient (Wildman–Crippen LogP) is 3.18. The van der Waals surface area contributed by atoms with Crippen LogP contribution in [0.5, 0.6) is 5.75 Å². The quantitative estimate of drug-likeness (QED) is 0.738. The maximum atomic E-state index is 11.5. The van der Waals surface area contributed by atoms with E-state index in [1.54, 1.807) is 0 Å². The van der Waals surface area contributed by atoms with Crippen LogP contribution < -0.4 is 15.0 Å². The molecule has 30 heavy (non-hydrogen) atoms. The van der Waals surface area contributed by atoms with Crippen molar-refractivity contribution in [3.05, 3.63) is 53.1 Å². The monoisotopic (exact) mass is 429 g/mol. The number of piperazine rings is 1. The molecule has 2 aliphatic heterocycles. The molecule has 7 heteroatoms. The number of aliphatic hydroxyl groups excluding tert-OH is 1. The van der Waals surface area contributed by atoms with Crippen LogP contribution in [0.1, 0.15) is 18.9 Å². The van der Waals surface area contributed by atoms with Gasteiger partial charge in [-0.2, -0.15) is 0 Å². The van der Waals surface area contributed by atoms with Crippen molar-refractivity contribution in [2.45, 2.75) is 31.9 Å². The number of aliphatic hydroxyl groups is 1. The zero-order valence-corrected chi connectivity index (χ0v) is 17.9. The minimum Gasteiger partial charge on any atom is -0.491 e. The molecule has 2 unspecified atom stereocenters. The first kappa shape index (κ1) is 21.0. The zero-order chi connectivity index (χ0) is 21.1. The van der Waals surface area contributed by atoms with E-state index in [1.807, 2.05) is 30.3 Å². The number of anilines is 2. The fourth-order valence-corrected chi connectivity index (χ4v) is 4.24. The minimum absolute atomic E-state index is 0.0527. The fraction of sp³-hybridized carbons (Fsp3) is 0.435. The lowest BCUT2D eigenvalue weighted by Gasteiger charge is -2.41. The van der Waals surface area contributed by atoms with E-state index in [0.29, 0.717) is 19.0 Å². The number of ether oxygens (including phenoxy) is 1. The van der Waals surface area contributed by atoms with Gasteiger partial charge in [0.1, 0.15) is 18.5 Å². The molecule has 1 fully saturated rings. The smallest absolute Gasteiger partial charge is 0.224 e. The molecular formula is C23H28ClN3O3. The van der Waals surface area contributed by atoms with Crippen molar-refractivity contribution in [3.63, 3.8) is 0 Å². The van der Waals surface area contributed by atoms with Gasteiger partial charge >= 0.3 is 0 Å². The number of hydrogen-bond acceptors (Lipinski definition) is 5. The molecule has 160 valence electrons. The van der Waals surface area contributed by atoms with Gasteiger partial charge in [-0.1, -0.05) is 11.6 Å². The molecule has 2 heterocycles. The third-order valence-corrected chi connectivity index (χ3v) is 6.07. The van der Waals surface area contributed by atoms with Crippen LogP contribution >= 0.6 is 11.6 Å². The van der Waals surface area contributed by atoms with E-state index in [0.717, 1.165) is 48.1 Å². The van der Waals surface area contributed by atoms with E-state index in [2.05, 4.69) is 34.2 Å². The van der Waals surface area contributed by atoms with Crippen molar-refractivity contribution in [3.8, 4) is 5.75 Å². The van der Waals surface area contributed by atoms with Crippen molar-refractivity contribution in [1.82, 2.24) is 4.90 Å². The van der Waals surface area contributed by atoms with Crippen molar-refractivity contribution < 1.29 is 14.6 Å². The summed E-state index contributed by atoms with van der Waals surface area (Å²) in [7, 11) is 0. The summed E-state index contributed by atoms with van der Waals surface area (Å²) in [5.41, 5.74) is 3.11. The molecule has 2 aromatic rings. The van der Waals surface area contributed by atoms with Gasteiger partial charge in [0.2, 0.25) is 5.91 Å². The SMILES string of the molecule is CC1CN(c2ccc(Cl)cc2)CCN1CC(O)COc1ccc2c(c1)CCC(=O)N2. The standard InChI is InChI=1S/C23H28ClN3O3/c1-16-13-27(19-5-3-18(24)4-6-19)11-10-26(16)14-20(28)15-30-21-7-8-22-17(12-21)2-9-23(29)25-22/h3-8,12,16,20,28H,2,9-11,13-15H2,1H3,(H,25,29). The number of nitrogens with zero attached hydrogens (tertiary/aromatic N) is 2. The summed E-state index contributed by atoms with van der Waals surface area (Å²) in [4.78, 5) is 16.1. The summed E-state index contributed by atoms with van der Waals surface area (Å²) in [6, 6.07) is 13.9. The van der Waals surface area contributed by atoms with Crippen LogP contribution in [0, 0.1) is 0 Å². The Balaban J connectivity index is 1.26. The van der Waals surface area contributed by atoms with E-state index >= 15 is 0 Å². The molecule has 0 aliphatic carbocycles. The van der Waals surface area contributed by atoms with Gasteiger partial charge in [-0.3, -0.25) is 9.69 Å². The summed E-state index contributed by atoms with van der Waals surface area (Å²) in [5, 5.41) is 14.1. The molecule has 0 aromatic heterocycles. The number of nitrogens with one attached hydrogen (secondary N) is 1. The van der Waals surface area contributed by atoms with E-state index in [4.69, 9.17) is 16.3 Å². The lowest BCUT2D eigenvalue weighted by molar-refractivity contribution is -0.116. The highest BCUT2D eigenvalue weighted by Gasteiger charge is 2.26. The molecule has 2 aromatic carbocycles. The van der Waals surface area contributed by atoms with Crippen LogP contribution in [-0.2, 0) is 11.2 Å². The zero-order valence-electron chi connectivity index (χ0n) is 17.2. The summed E-state index contributed by atoms with van der Waals surface area (Å²) >= 11 is 5.99. The third kappa shape index (κ3) is 5.06. The van der Waals surface area contributed by atoms with Gasteiger partial charge in [0.05, 0.1) is 0 Å². The molecule has 2 atom stereocenters. The van der Waals surface area contributed by atoms with Gasteiger partial charge in [-0.25, -0.2) is 0 Å². The Labute approximate surface area is 182 Å². The van der Waals surface area contributed by atoms with Gasteiger partial charge in [0, 0.05) is 55.0 Å². The Morgan fingerprint density at radius 2 is 2.00 bits per heavy atom. The van der Waals surface area contributed by atoms with E-state index in [1.165, 1.54) is 5.69 Å². The first-order valence-electron chi connectivity index (χ1n) is 10.5. The fourth-order valence-electron chi connectivity index (χ4n) is 4.12. The molecule has 2 N–H and O–H groups in total. The summed E-state index contributed by atoms with van der Waals surface area (Å²) in [5.74, 6) is 0.779. The minimum atomic E-state index is -0.565. The molecule has 0 spiro atoms. The Kier molecular flexibility index (Phi) is 6.46. The maximum absolute atomic E-state index is 11.5. The first-order chi connectivity index (χ1) is 14.5. The van der Waals surface area contributed by atoms with Crippen molar-refractivity contribution in [2.24, 2.45) is 0 Å². The molecule has 6 nitrogen and oxygen atoms in total. The molecule has 0 bridgehead atoms. The first-order valence-corrected chi connectivity index (χ1v) is 10.8. The highest BCUT2D eigenvalue weighted by molar-refractivity contribution is 6.30. The number of benzene rings is 2. The summed E-state index contributed by atoms with van der Waals surface area (Å²) in [6.45, 7) is 5.72. The van der Waals surface area contributed by atoms with Gasteiger partial charge < -0.3 is 20.1 Å². The number of rotatable bonds is 6. The summed E-state index contributed by atoms with van der Waals surface area (Å²) in [6.07, 6.45) is 0.653. The second-order valence-electron chi connectivity index (χ2n) is 8.10. The van der Waals surface area contributed by atoms with Gasteiger partial charge in [-0.05, 0) is 61.4 Å². The lowest BCUT2D eigenvalue weighted by Crippen LogP contribution is -2.54. The second-order valence-corrected chi connectivity index (χ2v) is 8.53. The Bertz CT molecular complexity index is 890. The van der Waals surface area contributed by atoms with Crippen molar-refractivity contribution >= 4 is 28.9 Å². The van der Waals surface area contributed by atoms with Gasteiger partial charge in [-0.15, -0.1) is 0 Å². The number of hydrogen-bond donors (Lipinski definition) is 2. The molecule has 4 rings (SSSR count). The summed E-state index contributed by atoms with van der Waals surface area (Å²) < 4.78 is 5.83. The topological polar surface area (TPSA) is 65.0 Å². The molecule has 0 saturated carbocycles. The van der Waals surface area contributed by atoms with Crippen LogP contribution in [-0.4, -0.2) is 60.8 Å². The highest BCUT2D eigenvalue weighted by Crippen LogP contribution is 2.27. The molecular weight excluding hydrogens is 402 g/mol. The van der Waals surface area contributed by atoms with Crippen molar-refractivity contribution in [1.29, 1.82) is 0 Å². The third-order valence-electron chi connectivity index (χ3n) is 5.82. The predicted molar refractivity (Wildman–Crippen MR) is 120 cm³/mol. The lowest BCUT2D eigenvalue weighted by atomic mass is 10.0. The molecule has 1 amide bonds. The maximum Gasteiger partial charge on any atom is 0.224 e. The number of halogens is 1. The van der Waals surface area contributed by atoms with Crippen LogP contribution in [0.15, 0.2) is 42.5 Å². The van der Waals surface area contributed by atoms with Crippen molar-refractivity contribution in [2.75, 3.05) is 43.0 Å². The van der Waals surface area contributed by atoms with E-state index in [9.17, 15) is 9.90 Å². The normalized spacial score (nSPS) is 20.4. The average Bonchev–Trinajstić information content (AvgIpc) is 2.74. The van der Waals surface area contributed by atoms with E-state index in [-0.39, 0.29) is 12.5 Å². The number of carbonyl (C=O) groups excluding carboxylic acids is 1. The Hall–Kier alpha value is -2.28. The number of β-amino-alcohol motifs (C(OH)–C–C–N with tert-alkyl or cyclic N) is 1. The molecule has 2 aliphatic rings. The van der Waals surface area contributed by atoms with Gasteiger partial charge in [0.25, 0.3) is 0 Å². The number of amides is 1. The average molecular weight is 430 g/mol. The van der Waals surface area contributed by atoms with Gasteiger partial charge in [0.15, 0.2) is 0 Å². The Morgan fingerprint density at radius 3 is 2.77 bits per heavy atom.